The summed E-state index contributed by atoms with van der Waals surface area (Å²) in [6.07, 6.45) is 0. The molecule has 0 bridgehead atoms. The van der Waals surface area contributed by atoms with Crippen molar-refractivity contribution in [2.45, 2.75) is 5.92 Å². The SMILES string of the molecule is O=C1NC[C@@H](CO)[C@@H]1c1cc(F)ccc1F. The number of carbonyl (C=O) groups is 1. The number of carbonyl (C=O) groups excluding carboxylic acids is 1. The summed E-state index contributed by atoms with van der Waals surface area (Å²) < 4.78 is 26.5. The Bertz CT molecular complexity index is 422. The third-order valence-corrected chi connectivity index (χ3v) is 2.82. The van der Waals surface area contributed by atoms with Gasteiger partial charge in [0.2, 0.25) is 5.91 Å². The molecule has 1 heterocycles. The number of hydrogen-bond acceptors (Lipinski definition) is 2. The molecule has 0 saturated carbocycles. The van der Waals surface area contributed by atoms with Gasteiger partial charge in [0.25, 0.3) is 0 Å². The van der Waals surface area contributed by atoms with Crippen molar-refractivity contribution in [2.24, 2.45) is 5.92 Å². The molecule has 0 radical (unpaired) electrons. The lowest BCUT2D eigenvalue weighted by atomic mass is 9.88. The first kappa shape index (κ1) is 11.0. The normalized spacial score (nSPS) is 24.6. The van der Waals surface area contributed by atoms with Crippen molar-refractivity contribution in [3.63, 3.8) is 0 Å². The summed E-state index contributed by atoms with van der Waals surface area (Å²) in [4.78, 5) is 11.5. The highest BCUT2D eigenvalue weighted by Gasteiger charge is 2.37. The van der Waals surface area contributed by atoms with Crippen LogP contribution in [0.3, 0.4) is 0 Å². The lowest BCUT2D eigenvalue weighted by Crippen LogP contribution is -2.20. The van der Waals surface area contributed by atoms with Crippen molar-refractivity contribution in [3.8, 4) is 0 Å². The minimum absolute atomic E-state index is 0.00838. The Labute approximate surface area is 91.1 Å². The van der Waals surface area contributed by atoms with E-state index in [4.69, 9.17) is 5.11 Å². The fourth-order valence-corrected chi connectivity index (χ4v) is 1.99. The Morgan fingerprint density at radius 3 is 2.88 bits per heavy atom. The van der Waals surface area contributed by atoms with Crippen LogP contribution in [0.15, 0.2) is 18.2 Å². The zero-order valence-electron chi connectivity index (χ0n) is 8.41. The van der Waals surface area contributed by atoms with E-state index in [1.165, 1.54) is 0 Å². The largest absolute Gasteiger partial charge is 0.396 e. The summed E-state index contributed by atoms with van der Waals surface area (Å²) in [5, 5.41) is 11.6. The molecule has 2 atom stereocenters. The highest BCUT2D eigenvalue weighted by atomic mass is 19.1. The van der Waals surface area contributed by atoms with Crippen molar-refractivity contribution in [1.82, 2.24) is 5.32 Å². The number of amides is 1. The van der Waals surface area contributed by atoms with E-state index in [2.05, 4.69) is 5.32 Å². The van der Waals surface area contributed by atoms with Gasteiger partial charge in [0.15, 0.2) is 0 Å². The molecule has 0 aromatic heterocycles. The predicted octanol–water partition coefficient (Wildman–Crippen LogP) is 0.787. The van der Waals surface area contributed by atoms with Crippen LogP contribution >= 0.6 is 0 Å². The molecule has 1 saturated heterocycles. The van der Waals surface area contributed by atoms with Crippen LogP contribution in [0.5, 0.6) is 0 Å². The molecular weight excluding hydrogens is 216 g/mol. The summed E-state index contributed by atoms with van der Waals surface area (Å²) in [6.45, 7) is 0.0509. The number of aliphatic hydroxyl groups is 1. The lowest BCUT2D eigenvalue weighted by molar-refractivity contribution is -0.120. The molecule has 16 heavy (non-hydrogen) atoms. The van der Waals surface area contributed by atoms with Crippen LogP contribution in [0.25, 0.3) is 0 Å². The second-order valence-corrected chi connectivity index (χ2v) is 3.83. The molecule has 1 aromatic carbocycles. The third-order valence-electron chi connectivity index (χ3n) is 2.82. The van der Waals surface area contributed by atoms with E-state index in [1.807, 2.05) is 0 Å². The number of hydrogen-bond donors (Lipinski definition) is 2. The van der Waals surface area contributed by atoms with Crippen LogP contribution < -0.4 is 5.32 Å². The van der Waals surface area contributed by atoms with E-state index >= 15 is 0 Å². The topological polar surface area (TPSA) is 49.3 Å². The number of nitrogens with one attached hydrogen (secondary N) is 1. The van der Waals surface area contributed by atoms with E-state index in [0.717, 1.165) is 18.2 Å². The Morgan fingerprint density at radius 1 is 1.44 bits per heavy atom. The van der Waals surface area contributed by atoms with Gasteiger partial charge in [-0.05, 0) is 18.2 Å². The summed E-state index contributed by atoms with van der Waals surface area (Å²) in [5.74, 6) is -2.79. The van der Waals surface area contributed by atoms with Crippen molar-refractivity contribution in [2.75, 3.05) is 13.2 Å². The molecular formula is C11H11F2NO2. The van der Waals surface area contributed by atoms with Crippen molar-refractivity contribution >= 4 is 5.91 Å². The molecule has 1 aliphatic rings. The minimum Gasteiger partial charge on any atom is -0.396 e. The summed E-state index contributed by atoms with van der Waals surface area (Å²) in [7, 11) is 0. The van der Waals surface area contributed by atoms with Crippen molar-refractivity contribution in [3.05, 3.63) is 35.4 Å². The van der Waals surface area contributed by atoms with E-state index in [9.17, 15) is 13.6 Å². The standard InChI is InChI=1S/C11H11F2NO2/c12-7-1-2-9(13)8(3-7)10-6(5-15)4-14-11(10)16/h1-3,6,10,15H,4-5H2,(H,14,16)/t6-,10+/m0/s1. The van der Waals surface area contributed by atoms with E-state index in [1.54, 1.807) is 0 Å². The Hall–Kier alpha value is -1.49. The maximum Gasteiger partial charge on any atom is 0.228 e. The van der Waals surface area contributed by atoms with Crippen LogP contribution in [0.1, 0.15) is 11.5 Å². The fraction of sp³-hybridized carbons (Fsp3) is 0.364. The quantitative estimate of drug-likeness (QED) is 0.784. The first-order chi connectivity index (χ1) is 7.63. The average molecular weight is 227 g/mol. The van der Waals surface area contributed by atoms with Crippen LogP contribution in [0, 0.1) is 17.6 Å². The first-order valence-electron chi connectivity index (χ1n) is 4.97. The van der Waals surface area contributed by atoms with Crippen molar-refractivity contribution in [1.29, 1.82) is 0 Å². The molecule has 1 aliphatic heterocycles. The molecule has 3 nitrogen and oxygen atoms in total. The highest BCUT2D eigenvalue weighted by molar-refractivity contribution is 5.86. The summed E-state index contributed by atoms with van der Waals surface area (Å²) in [6, 6.07) is 3.00. The molecule has 86 valence electrons. The predicted molar refractivity (Wildman–Crippen MR) is 52.7 cm³/mol. The lowest BCUT2D eigenvalue weighted by Gasteiger charge is -2.15. The fourth-order valence-electron chi connectivity index (χ4n) is 1.99. The minimum atomic E-state index is -0.805. The van der Waals surface area contributed by atoms with Gasteiger partial charge in [-0.15, -0.1) is 0 Å². The second-order valence-electron chi connectivity index (χ2n) is 3.83. The van der Waals surface area contributed by atoms with Gasteiger partial charge >= 0.3 is 0 Å². The van der Waals surface area contributed by atoms with E-state index in [-0.39, 0.29) is 24.6 Å². The van der Waals surface area contributed by atoms with Gasteiger partial charge in [-0.3, -0.25) is 4.79 Å². The molecule has 1 fully saturated rings. The maximum absolute atomic E-state index is 13.5. The molecule has 1 amide bonds. The van der Waals surface area contributed by atoms with Gasteiger partial charge in [0, 0.05) is 24.6 Å². The Kier molecular flexibility index (Phi) is 2.87. The molecule has 0 aliphatic carbocycles. The van der Waals surface area contributed by atoms with Crippen LogP contribution in [-0.4, -0.2) is 24.2 Å². The Balaban J connectivity index is 2.41. The van der Waals surface area contributed by atoms with Gasteiger partial charge in [-0.2, -0.15) is 0 Å². The summed E-state index contributed by atoms with van der Waals surface area (Å²) in [5.41, 5.74) is 0.00838. The van der Waals surface area contributed by atoms with Gasteiger partial charge in [-0.25, -0.2) is 8.78 Å². The number of halogens is 2. The molecule has 5 heteroatoms. The summed E-state index contributed by atoms with van der Waals surface area (Å²) >= 11 is 0. The van der Waals surface area contributed by atoms with Crippen molar-refractivity contribution < 1.29 is 18.7 Å². The number of benzene rings is 1. The zero-order chi connectivity index (χ0) is 11.7. The highest BCUT2D eigenvalue weighted by Crippen LogP contribution is 2.31. The van der Waals surface area contributed by atoms with Gasteiger partial charge < -0.3 is 10.4 Å². The molecule has 0 unspecified atom stereocenters. The molecule has 1 aromatic rings. The van der Waals surface area contributed by atoms with Gasteiger partial charge in [-0.1, -0.05) is 0 Å². The number of rotatable bonds is 2. The van der Waals surface area contributed by atoms with Crippen LogP contribution in [-0.2, 0) is 4.79 Å². The van der Waals surface area contributed by atoms with Crippen LogP contribution in [0.4, 0.5) is 8.78 Å². The first-order valence-corrected chi connectivity index (χ1v) is 4.97. The third kappa shape index (κ3) is 1.78. The molecule has 2 N–H and O–H groups in total. The van der Waals surface area contributed by atoms with Gasteiger partial charge in [0.1, 0.15) is 11.6 Å². The molecule has 2 rings (SSSR count). The smallest absolute Gasteiger partial charge is 0.228 e. The number of aliphatic hydroxyl groups excluding tert-OH is 1. The monoisotopic (exact) mass is 227 g/mol. The second kappa shape index (κ2) is 4.17. The zero-order valence-corrected chi connectivity index (χ0v) is 8.41. The van der Waals surface area contributed by atoms with Gasteiger partial charge in [0.05, 0.1) is 5.92 Å². The van der Waals surface area contributed by atoms with Crippen LogP contribution in [0.2, 0.25) is 0 Å². The average Bonchev–Trinajstić information content (AvgIpc) is 2.63. The maximum atomic E-state index is 13.5. The molecule has 0 spiro atoms. The van der Waals surface area contributed by atoms with E-state index in [0.29, 0.717) is 0 Å². The Morgan fingerprint density at radius 2 is 2.19 bits per heavy atom. The van der Waals surface area contributed by atoms with E-state index < -0.39 is 23.5 Å².